The molecule has 1 fully saturated rings. The molecular formula is C29H26N2O2S. The van der Waals surface area contributed by atoms with Crippen molar-refractivity contribution in [2.45, 2.75) is 24.9 Å². The molecule has 0 unspecified atom stereocenters. The molecule has 1 N–H and O–H groups in total. The van der Waals surface area contributed by atoms with Gasteiger partial charge in [-0.05, 0) is 58.7 Å². The number of thiocarbonyl (C=S) groups is 1. The van der Waals surface area contributed by atoms with Crippen molar-refractivity contribution in [2.24, 2.45) is 0 Å². The molecule has 1 saturated heterocycles. The fraction of sp³-hybridized carbons (Fsp3) is 0.172. The molecule has 0 bridgehead atoms. The maximum atomic E-state index is 13.9. The summed E-state index contributed by atoms with van der Waals surface area (Å²) in [5, 5.41) is 6.03. The van der Waals surface area contributed by atoms with Crippen LogP contribution in [-0.2, 0) is 4.79 Å². The number of nitrogens with one attached hydrogen (secondary N) is 1. The minimum absolute atomic E-state index is 0.0161. The van der Waals surface area contributed by atoms with Crippen LogP contribution in [0.25, 0.3) is 10.8 Å². The SMILES string of the molecule is COc1ccc2cc([C@H](C)C(=O)N3C(=S)N[C@H](c4ccccc4)[C@H]3c3ccccc3)ccc2c1. The van der Waals surface area contributed by atoms with Crippen LogP contribution < -0.4 is 10.1 Å². The Hall–Kier alpha value is -3.70. The molecule has 1 aliphatic heterocycles. The second-order valence-corrected chi connectivity index (χ2v) is 8.98. The standard InChI is InChI=1S/C29H26N2O2S/c1-19(22-13-14-24-18-25(33-2)16-15-23(24)17-22)28(32)31-27(21-11-7-4-8-12-21)26(30-29(31)34)20-9-5-3-6-10-20/h3-19,26-27H,1-2H3,(H,30,34)/t19-,26+,27+/m0/s1. The Morgan fingerprint density at radius 1 is 0.882 bits per heavy atom. The molecule has 0 radical (unpaired) electrons. The van der Waals surface area contributed by atoms with Crippen LogP contribution in [0, 0.1) is 0 Å². The summed E-state index contributed by atoms with van der Waals surface area (Å²) < 4.78 is 5.34. The number of amides is 1. The average Bonchev–Trinajstić information content (AvgIpc) is 3.25. The molecule has 170 valence electrons. The number of ether oxygens (including phenoxy) is 1. The summed E-state index contributed by atoms with van der Waals surface area (Å²) in [4.78, 5) is 15.7. The Labute approximate surface area is 205 Å². The van der Waals surface area contributed by atoms with Gasteiger partial charge in [-0.2, -0.15) is 0 Å². The van der Waals surface area contributed by atoms with Gasteiger partial charge in [0.15, 0.2) is 5.11 Å². The normalized spacial score (nSPS) is 18.5. The summed E-state index contributed by atoms with van der Waals surface area (Å²) >= 11 is 5.72. The van der Waals surface area contributed by atoms with Crippen LogP contribution >= 0.6 is 12.2 Å². The van der Waals surface area contributed by atoms with Crippen LogP contribution in [-0.4, -0.2) is 23.0 Å². The maximum Gasteiger partial charge on any atom is 0.236 e. The van der Waals surface area contributed by atoms with Gasteiger partial charge < -0.3 is 10.1 Å². The van der Waals surface area contributed by atoms with Crippen molar-refractivity contribution in [1.29, 1.82) is 0 Å². The van der Waals surface area contributed by atoms with Gasteiger partial charge in [0, 0.05) is 0 Å². The number of hydrogen-bond donors (Lipinski definition) is 1. The Bertz CT molecular complexity index is 1340. The number of fused-ring (bicyclic) bond motifs is 1. The van der Waals surface area contributed by atoms with Gasteiger partial charge in [-0.25, -0.2) is 0 Å². The van der Waals surface area contributed by atoms with Crippen molar-refractivity contribution in [2.75, 3.05) is 7.11 Å². The lowest BCUT2D eigenvalue weighted by Gasteiger charge is -2.29. The van der Waals surface area contributed by atoms with Gasteiger partial charge in [0.05, 0.1) is 25.1 Å². The fourth-order valence-electron chi connectivity index (χ4n) is 4.70. The van der Waals surface area contributed by atoms with E-state index >= 15 is 0 Å². The molecule has 4 nitrogen and oxygen atoms in total. The first kappa shape index (κ1) is 22.1. The molecule has 0 aromatic heterocycles. The van der Waals surface area contributed by atoms with Gasteiger partial charge >= 0.3 is 0 Å². The number of methoxy groups -OCH3 is 1. The third-order valence-corrected chi connectivity index (χ3v) is 6.89. The molecule has 1 amide bonds. The molecule has 0 aliphatic carbocycles. The van der Waals surface area contributed by atoms with Gasteiger partial charge in [0.1, 0.15) is 5.75 Å². The highest BCUT2D eigenvalue weighted by atomic mass is 32.1. The number of carbonyl (C=O) groups excluding carboxylic acids is 1. The quantitative estimate of drug-likeness (QED) is 0.358. The fourth-order valence-corrected chi connectivity index (χ4v) is 5.03. The summed E-state index contributed by atoms with van der Waals surface area (Å²) in [5.41, 5.74) is 3.11. The summed E-state index contributed by atoms with van der Waals surface area (Å²) in [6.45, 7) is 1.95. The summed E-state index contributed by atoms with van der Waals surface area (Å²) in [7, 11) is 1.66. The number of hydrogen-bond acceptors (Lipinski definition) is 3. The lowest BCUT2D eigenvalue weighted by molar-refractivity contribution is -0.129. The Balaban J connectivity index is 1.51. The third-order valence-electron chi connectivity index (χ3n) is 6.57. The molecule has 4 aromatic carbocycles. The van der Waals surface area contributed by atoms with E-state index < -0.39 is 0 Å². The first-order chi connectivity index (χ1) is 16.6. The van der Waals surface area contributed by atoms with Gasteiger partial charge in [-0.15, -0.1) is 0 Å². The largest absolute Gasteiger partial charge is 0.497 e. The van der Waals surface area contributed by atoms with Crippen LogP contribution in [0.1, 0.15) is 41.6 Å². The van der Waals surface area contributed by atoms with E-state index in [0.29, 0.717) is 5.11 Å². The van der Waals surface area contributed by atoms with Crippen molar-refractivity contribution in [3.8, 4) is 5.75 Å². The molecular weight excluding hydrogens is 440 g/mol. The lowest BCUT2D eigenvalue weighted by atomic mass is 9.92. The second-order valence-electron chi connectivity index (χ2n) is 8.60. The van der Waals surface area contributed by atoms with Crippen molar-refractivity contribution >= 4 is 34.0 Å². The highest BCUT2D eigenvalue weighted by Gasteiger charge is 2.43. The monoisotopic (exact) mass is 466 g/mol. The zero-order valence-electron chi connectivity index (χ0n) is 19.1. The Kier molecular flexibility index (Phi) is 6.03. The van der Waals surface area contributed by atoms with Crippen LogP contribution in [0.5, 0.6) is 5.75 Å². The summed E-state index contributed by atoms with van der Waals surface area (Å²) in [6, 6.07) is 32.0. The van der Waals surface area contributed by atoms with Gasteiger partial charge in [0.25, 0.3) is 0 Å². The molecule has 0 spiro atoms. The first-order valence-corrected chi connectivity index (χ1v) is 11.8. The van der Waals surface area contributed by atoms with Crippen molar-refractivity contribution in [3.63, 3.8) is 0 Å². The van der Waals surface area contributed by atoms with Crippen molar-refractivity contribution in [3.05, 3.63) is 114 Å². The van der Waals surface area contributed by atoms with E-state index in [0.717, 1.165) is 33.2 Å². The molecule has 34 heavy (non-hydrogen) atoms. The van der Waals surface area contributed by atoms with Gasteiger partial charge in [-0.3, -0.25) is 9.69 Å². The van der Waals surface area contributed by atoms with E-state index in [9.17, 15) is 4.79 Å². The topological polar surface area (TPSA) is 41.6 Å². The molecule has 1 heterocycles. The van der Waals surface area contributed by atoms with Gasteiger partial charge in [-0.1, -0.05) is 84.9 Å². The van der Waals surface area contributed by atoms with Crippen LogP contribution in [0.3, 0.4) is 0 Å². The zero-order chi connectivity index (χ0) is 23.7. The Morgan fingerprint density at radius 2 is 1.50 bits per heavy atom. The molecule has 0 saturated carbocycles. The molecule has 1 aliphatic rings. The molecule has 3 atom stereocenters. The maximum absolute atomic E-state index is 13.9. The highest BCUT2D eigenvalue weighted by molar-refractivity contribution is 7.80. The van der Waals surface area contributed by atoms with E-state index in [2.05, 4.69) is 35.6 Å². The second kappa shape index (κ2) is 9.27. The Morgan fingerprint density at radius 3 is 2.18 bits per heavy atom. The van der Waals surface area contributed by atoms with E-state index in [1.165, 1.54) is 0 Å². The van der Waals surface area contributed by atoms with Gasteiger partial charge in [0.2, 0.25) is 5.91 Å². The minimum Gasteiger partial charge on any atom is -0.497 e. The number of nitrogens with zero attached hydrogens (tertiary/aromatic N) is 1. The predicted molar refractivity (Wildman–Crippen MR) is 140 cm³/mol. The minimum atomic E-state index is -0.355. The van der Waals surface area contributed by atoms with Crippen LogP contribution in [0.4, 0.5) is 0 Å². The molecule has 5 heteroatoms. The number of rotatable bonds is 5. The number of benzene rings is 4. The lowest BCUT2D eigenvalue weighted by Crippen LogP contribution is -2.38. The van der Waals surface area contributed by atoms with E-state index in [1.54, 1.807) is 12.0 Å². The molecule has 4 aromatic rings. The highest BCUT2D eigenvalue weighted by Crippen LogP contribution is 2.41. The summed E-state index contributed by atoms with van der Waals surface area (Å²) in [5.74, 6) is 0.445. The smallest absolute Gasteiger partial charge is 0.236 e. The van der Waals surface area contributed by atoms with Crippen LogP contribution in [0.2, 0.25) is 0 Å². The third kappa shape index (κ3) is 4.03. The van der Waals surface area contributed by atoms with E-state index in [1.807, 2.05) is 73.7 Å². The van der Waals surface area contributed by atoms with E-state index in [4.69, 9.17) is 17.0 Å². The molecule has 5 rings (SSSR count). The number of carbonyl (C=O) groups is 1. The van der Waals surface area contributed by atoms with Crippen molar-refractivity contribution in [1.82, 2.24) is 10.2 Å². The van der Waals surface area contributed by atoms with Crippen LogP contribution in [0.15, 0.2) is 97.1 Å². The van der Waals surface area contributed by atoms with E-state index in [-0.39, 0.29) is 23.9 Å². The summed E-state index contributed by atoms with van der Waals surface area (Å²) in [6.07, 6.45) is 0. The first-order valence-electron chi connectivity index (χ1n) is 11.4. The average molecular weight is 467 g/mol. The van der Waals surface area contributed by atoms with Crippen molar-refractivity contribution < 1.29 is 9.53 Å². The zero-order valence-corrected chi connectivity index (χ0v) is 20.0. The predicted octanol–water partition coefficient (Wildman–Crippen LogP) is 6.15.